The fourth-order valence-electron chi connectivity index (χ4n) is 4.14. The maximum Gasteiger partial charge on any atom is 1.00 e. The number of azo groups is 1. The van der Waals surface area contributed by atoms with Gasteiger partial charge in [0, 0.05) is 16.6 Å². The zero-order valence-electron chi connectivity index (χ0n) is 25.1. The van der Waals surface area contributed by atoms with Gasteiger partial charge in [-0.15, -0.1) is 10.2 Å². The molecule has 0 fully saturated rings. The van der Waals surface area contributed by atoms with Crippen molar-refractivity contribution in [3.63, 3.8) is 0 Å². The third-order valence-electron chi connectivity index (χ3n) is 6.00. The molecule has 1 aromatic heterocycles. The molecule has 17 nitrogen and oxygen atoms in total. The molecule has 0 aliphatic heterocycles. The number of phenolic OH excluding ortho intramolecular Hbond substituents is 1. The number of rotatable bonds is 8. The van der Waals surface area contributed by atoms with Crippen LogP contribution in [0.4, 0.5) is 29.0 Å². The number of anilines is 3. The minimum absolute atomic E-state index is 0. The third kappa shape index (κ3) is 9.56. The molecule has 5 aromatic rings. The van der Waals surface area contributed by atoms with Crippen LogP contribution in [-0.2, 0) is 30.4 Å². The van der Waals surface area contributed by atoms with E-state index in [1.54, 1.807) is 30.3 Å². The second-order valence-corrected chi connectivity index (χ2v) is 13.1. The van der Waals surface area contributed by atoms with Crippen molar-refractivity contribution in [3.05, 3.63) is 72.8 Å². The predicted octanol–water partition coefficient (Wildman–Crippen LogP) is -6.14. The van der Waals surface area contributed by atoms with Crippen molar-refractivity contribution >= 4 is 70.1 Å². The summed E-state index contributed by atoms with van der Waals surface area (Å²) in [4.78, 5) is 9.12. The average molecular weight is 740 g/mol. The minimum Gasteiger partial charge on any atom is -0.744 e. The second-order valence-electron chi connectivity index (χ2n) is 9.00. The first kappa shape index (κ1) is 42.0. The summed E-state index contributed by atoms with van der Waals surface area (Å²) in [5.41, 5.74) is 4.40. The van der Waals surface area contributed by atoms with Crippen LogP contribution < -0.4 is 99.7 Å². The van der Waals surface area contributed by atoms with Crippen molar-refractivity contribution in [1.29, 1.82) is 0 Å². The van der Waals surface area contributed by atoms with Gasteiger partial charge in [-0.05, 0) is 47.9 Å². The van der Waals surface area contributed by atoms with Gasteiger partial charge in [0.1, 0.15) is 41.7 Å². The Bertz CT molecular complexity index is 2370. The molecule has 5 rings (SSSR count). The zero-order valence-corrected chi connectivity index (χ0v) is 33.5. The number of aromatic hydroxyl groups is 1. The smallest absolute Gasteiger partial charge is 0.744 e. The van der Waals surface area contributed by atoms with Crippen molar-refractivity contribution in [2.24, 2.45) is 10.2 Å². The van der Waals surface area contributed by atoms with Gasteiger partial charge in [-0.1, -0.05) is 30.3 Å². The van der Waals surface area contributed by atoms with Gasteiger partial charge < -0.3 is 29.8 Å². The summed E-state index contributed by atoms with van der Waals surface area (Å²) in [7, 11) is -15.8. The van der Waals surface area contributed by atoms with Gasteiger partial charge in [-0.25, -0.2) is 25.3 Å². The summed E-state index contributed by atoms with van der Waals surface area (Å²) in [6.45, 7) is 0. The first-order valence-corrected chi connectivity index (χ1v) is 16.3. The fraction of sp³-hybridized carbons (Fsp3) is 0. The van der Waals surface area contributed by atoms with Crippen LogP contribution in [0.2, 0.25) is 0 Å². The van der Waals surface area contributed by atoms with Gasteiger partial charge in [0.2, 0.25) is 11.9 Å². The van der Waals surface area contributed by atoms with Gasteiger partial charge in [0.05, 0.1) is 14.7 Å². The van der Waals surface area contributed by atoms with E-state index in [0.29, 0.717) is 17.8 Å². The first-order valence-electron chi connectivity index (χ1n) is 12.1. The fourth-order valence-corrected chi connectivity index (χ4v) is 5.93. The number of benzene rings is 4. The van der Waals surface area contributed by atoms with Crippen LogP contribution in [0.15, 0.2) is 97.7 Å². The van der Waals surface area contributed by atoms with Crippen molar-refractivity contribution < 1.29 is 133 Å². The molecule has 0 aliphatic rings. The summed E-state index contributed by atoms with van der Waals surface area (Å²) in [5.74, 6) is -2.04. The van der Waals surface area contributed by atoms with E-state index in [1.807, 2.05) is 0 Å². The van der Waals surface area contributed by atoms with Crippen LogP contribution >= 0.6 is 0 Å². The molecule has 0 unspecified atom stereocenters. The SMILES string of the molecule is Nc1nc(Nc2ccccc2)nc(-c2cc(S(=O)(=O)[O-])cc3cc(S(=O)(=O)[O-])c(N=Nc4ccccc4S(=O)(=O)[O-])c(O)c23)n1.[Na+].[Na+].[Na+]. The van der Waals surface area contributed by atoms with Gasteiger partial charge in [-0.2, -0.15) is 15.0 Å². The molecule has 0 amide bonds. The zero-order chi connectivity index (χ0) is 32.7. The standard InChI is InChI=1S/C25H19N7O10S3.3Na/c26-24-28-23(29-25(30-24)27-14-6-2-1-3-7-14)16-12-15(43(34,35)36)10-13-11-19(45(40,41)42)21(22(33)20(13)16)32-31-17-8-4-5-9-18(17)44(37,38)39;;;/h1-12,33H,(H,34,35,36)(H,37,38,39)(H,40,41,42)(H3,26,27,28,29,30);;;/q;3*+1/p-3. The summed E-state index contributed by atoms with van der Waals surface area (Å²) in [6, 6.07) is 15.0. The third-order valence-corrected chi connectivity index (χ3v) is 8.54. The van der Waals surface area contributed by atoms with Crippen LogP contribution in [0, 0.1) is 0 Å². The number of aromatic nitrogens is 3. The molecular weight excluding hydrogens is 723 g/mol. The van der Waals surface area contributed by atoms with Crippen LogP contribution in [0.5, 0.6) is 5.75 Å². The summed E-state index contributed by atoms with van der Waals surface area (Å²) in [5, 5.41) is 20.5. The van der Waals surface area contributed by atoms with E-state index < -0.39 is 90.3 Å². The molecule has 4 N–H and O–H groups in total. The van der Waals surface area contributed by atoms with E-state index in [1.165, 1.54) is 12.1 Å². The van der Waals surface area contributed by atoms with Crippen LogP contribution in [-0.4, -0.2) is 59.0 Å². The predicted molar refractivity (Wildman–Crippen MR) is 153 cm³/mol. The molecule has 23 heteroatoms. The topological polar surface area (TPSA) is 293 Å². The van der Waals surface area contributed by atoms with Crippen molar-refractivity contribution in [2.75, 3.05) is 11.1 Å². The normalized spacial score (nSPS) is 11.7. The Balaban J connectivity index is 0.00000267. The largest absolute Gasteiger partial charge is 1.00 e. The van der Waals surface area contributed by atoms with Gasteiger partial charge in [0.15, 0.2) is 11.6 Å². The molecule has 4 aromatic carbocycles. The Hall–Kier alpha value is -2.12. The Morgan fingerprint density at radius 1 is 0.708 bits per heavy atom. The minimum atomic E-state index is -5.51. The van der Waals surface area contributed by atoms with Crippen molar-refractivity contribution in [3.8, 4) is 17.1 Å². The molecule has 0 aliphatic carbocycles. The van der Waals surface area contributed by atoms with Gasteiger partial charge in [0.25, 0.3) is 0 Å². The summed E-state index contributed by atoms with van der Waals surface area (Å²) in [6.07, 6.45) is 0. The van der Waals surface area contributed by atoms with E-state index in [4.69, 9.17) is 5.73 Å². The van der Waals surface area contributed by atoms with E-state index in [2.05, 4.69) is 30.5 Å². The second kappa shape index (κ2) is 16.3. The average Bonchev–Trinajstić information content (AvgIpc) is 2.95. The Labute approximate surface area is 339 Å². The van der Waals surface area contributed by atoms with Crippen molar-refractivity contribution in [2.45, 2.75) is 14.7 Å². The van der Waals surface area contributed by atoms with E-state index >= 15 is 0 Å². The van der Waals surface area contributed by atoms with Crippen LogP contribution in [0.3, 0.4) is 0 Å². The van der Waals surface area contributed by atoms with Gasteiger partial charge in [-0.3, -0.25) is 0 Å². The number of para-hydroxylation sites is 1. The molecule has 0 bridgehead atoms. The Morgan fingerprint density at radius 2 is 1.31 bits per heavy atom. The van der Waals surface area contributed by atoms with Crippen LogP contribution in [0.1, 0.15) is 0 Å². The van der Waals surface area contributed by atoms with Gasteiger partial charge >= 0.3 is 88.7 Å². The first-order chi connectivity index (χ1) is 21.0. The number of nitrogen functional groups attached to an aromatic ring is 1. The molecule has 0 saturated carbocycles. The maximum atomic E-state index is 12.2. The summed E-state index contributed by atoms with van der Waals surface area (Å²) >= 11 is 0. The van der Waals surface area contributed by atoms with E-state index in [9.17, 15) is 44.0 Å². The van der Waals surface area contributed by atoms with E-state index in [-0.39, 0.29) is 94.6 Å². The molecule has 1 heterocycles. The number of nitrogens with two attached hydrogens (primary N) is 1. The Kier molecular flexibility index (Phi) is 14.3. The molecule has 48 heavy (non-hydrogen) atoms. The molecule has 0 atom stereocenters. The van der Waals surface area contributed by atoms with Crippen LogP contribution in [0.25, 0.3) is 22.2 Å². The maximum absolute atomic E-state index is 12.2. The molecule has 0 spiro atoms. The number of phenols is 1. The number of nitrogens with one attached hydrogen (secondary N) is 1. The molecule has 232 valence electrons. The molecule has 0 saturated heterocycles. The number of fused-ring (bicyclic) bond motifs is 1. The van der Waals surface area contributed by atoms with E-state index in [0.717, 1.165) is 18.2 Å². The molecular formula is C25H16N7Na3O10S3. The number of nitrogens with zero attached hydrogens (tertiary/aromatic N) is 5. The molecule has 0 radical (unpaired) electrons. The quantitative estimate of drug-likeness (QED) is 0.0758. The number of hydrogen-bond acceptors (Lipinski definition) is 17. The summed E-state index contributed by atoms with van der Waals surface area (Å²) < 4.78 is 108. The monoisotopic (exact) mass is 739 g/mol. The Morgan fingerprint density at radius 3 is 1.92 bits per heavy atom. The number of hydrogen-bond donors (Lipinski definition) is 3. The van der Waals surface area contributed by atoms with Crippen molar-refractivity contribution in [1.82, 2.24) is 15.0 Å².